The number of aromatic nitrogens is 1. The molecule has 0 radical (unpaired) electrons. The smallest absolute Gasteiger partial charge is 0.220 e. The quantitative estimate of drug-likeness (QED) is 0.860. The minimum atomic E-state index is 0.107. The van der Waals surface area contributed by atoms with Gasteiger partial charge in [-0.25, -0.2) is 4.98 Å². The van der Waals surface area contributed by atoms with Gasteiger partial charge in [0.05, 0.1) is 17.2 Å². The number of nitrogens with zero attached hydrogens (tertiary/aromatic N) is 1. The van der Waals surface area contributed by atoms with Crippen LogP contribution in [0.2, 0.25) is 0 Å². The van der Waals surface area contributed by atoms with Crippen LogP contribution in [-0.4, -0.2) is 24.1 Å². The summed E-state index contributed by atoms with van der Waals surface area (Å²) in [5.74, 6) is 0.506. The van der Waals surface area contributed by atoms with Crippen molar-refractivity contribution >= 4 is 17.2 Å². The zero-order chi connectivity index (χ0) is 12.8. The molecule has 2 heterocycles. The Morgan fingerprint density at radius 2 is 2.56 bits per heavy atom. The molecule has 0 aromatic carbocycles. The summed E-state index contributed by atoms with van der Waals surface area (Å²) in [5, 5.41) is 6.12. The highest BCUT2D eigenvalue weighted by Crippen LogP contribution is 2.16. The average Bonchev–Trinajstić information content (AvgIpc) is 2.99. The number of ether oxygens (including phenoxy) is 1. The van der Waals surface area contributed by atoms with Crippen molar-refractivity contribution in [3.8, 4) is 0 Å². The van der Waals surface area contributed by atoms with Gasteiger partial charge in [0.2, 0.25) is 5.91 Å². The molecule has 100 valence electrons. The second kappa shape index (κ2) is 6.85. The Kier molecular flexibility index (Phi) is 5.13. The van der Waals surface area contributed by atoms with Crippen molar-refractivity contribution in [1.29, 1.82) is 0 Å². The van der Waals surface area contributed by atoms with E-state index >= 15 is 0 Å². The van der Waals surface area contributed by atoms with Crippen LogP contribution in [0.25, 0.3) is 0 Å². The van der Waals surface area contributed by atoms with Crippen LogP contribution in [0.1, 0.15) is 36.9 Å². The summed E-state index contributed by atoms with van der Waals surface area (Å²) in [6.45, 7) is 4.22. The summed E-state index contributed by atoms with van der Waals surface area (Å²) in [6.07, 6.45) is 3.72. The maximum absolute atomic E-state index is 11.7. The van der Waals surface area contributed by atoms with Crippen LogP contribution in [0.3, 0.4) is 0 Å². The fraction of sp³-hybridized carbons (Fsp3) is 0.692. The van der Waals surface area contributed by atoms with E-state index < -0.39 is 0 Å². The van der Waals surface area contributed by atoms with E-state index in [1.807, 2.05) is 5.38 Å². The number of aryl methyl sites for hydroxylation is 1. The van der Waals surface area contributed by atoms with E-state index in [1.54, 1.807) is 11.3 Å². The molecule has 1 aromatic rings. The van der Waals surface area contributed by atoms with Gasteiger partial charge in [-0.1, -0.05) is 6.92 Å². The van der Waals surface area contributed by atoms with Gasteiger partial charge in [-0.3, -0.25) is 4.79 Å². The molecule has 1 amide bonds. The SMILES string of the molecule is CCCc1nc(CNC(=O)C[C@@H]2CCOC2)cs1. The van der Waals surface area contributed by atoms with Gasteiger partial charge in [0, 0.05) is 25.0 Å². The topological polar surface area (TPSA) is 51.2 Å². The summed E-state index contributed by atoms with van der Waals surface area (Å²) in [4.78, 5) is 16.2. The molecule has 1 saturated heterocycles. The molecule has 4 nitrogen and oxygen atoms in total. The predicted molar refractivity (Wildman–Crippen MR) is 71.5 cm³/mol. The van der Waals surface area contributed by atoms with Gasteiger partial charge in [0.1, 0.15) is 0 Å². The highest BCUT2D eigenvalue weighted by molar-refractivity contribution is 7.09. The first-order valence-corrected chi connectivity index (χ1v) is 7.43. The number of carbonyl (C=O) groups is 1. The Hall–Kier alpha value is -0.940. The zero-order valence-electron chi connectivity index (χ0n) is 10.8. The molecule has 18 heavy (non-hydrogen) atoms. The van der Waals surface area contributed by atoms with Crippen LogP contribution >= 0.6 is 11.3 Å². The summed E-state index contributed by atoms with van der Waals surface area (Å²) < 4.78 is 5.26. The number of carbonyl (C=O) groups excluding carboxylic acids is 1. The zero-order valence-corrected chi connectivity index (χ0v) is 11.6. The van der Waals surface area contributed by atoms with Crippen molar-refractivity contribution in [2.45, 2.75) is 39.2 Å². The maximum atomic E-state index is 11.7. The maximum Gasteiger partial charge on any atom is 0.220 e. The van der Waals surface area contributed by atoms with Gasteiger partial charge < -0.3 is 10.1 Å². The average molecular weight is 268 g/mol. The number of hydrogen-bond donors (Lipinski definition) is 1. The third-order valence-corrected chi connectivity index (χ3v) is 3.99. The lowest BCUT2D eigenvalue weighted by Crippen LogP contribution is -2.25. The Morgan fingerprint density at radius 3 is 3.28 bits per heavy atom. The molecule has 1 atom stereocenters. The summed E-state index contributed by atoms with van der Waals surface area (Å²) in [6, 6.07) is 0. The minimum Gasteiger partial charge on any atom is -0.381 e. The third kappa shape index (κ3) is 4.07. The van der Waals surface area contributed by atoms with Gasteiger partial charge in [-0.2, -0.15) is 0 Å². The first-order chi connectivity index (χ1) is 8.78. The van der Waals surface area contributed by atoms with E-state index in [0.717, 1.165) is 43.2 Å². The van der Waals surface area contributed by atoms with Crippen LogP contribution in [-0.2, 0) is 22.5 Å². The summed E-state index contributed by atoms with van der Waals surface area (Å²) in [7, 11) is 0. The molecule has 1 N–H and O–H groups in total. The molecular weight excluding hydrogens is 248 g/mol. The van der Waals surface area contributed by atoms with E-state index in [-0.39, 0.29) is 5.91 Å². The van der Waals surface area contributed by atoms with Gasteiger partial charge in [0.15, 0.2) is 0 Å². The fourth-order valence-electron chi connectivity index (χ4n) is 2.03. The van der Waals surface area contributed by atoms with Crippen molar-refractivity contribution in [3.63, 3.8) is 0 Å². The van der Waals surface area contributed by atoms with Crippen molar-refractivity contribution in [2.24, 2.45) is 5.92 Å². The highest BCUT2D eigenvalue weighted by atomic mass is 32.1. The fourth-order valence-corrected chi connectivity index (χ4v) is 2.93. The largest absolute Gasteiger partial charge is 0.381 e. The van der Waals surface area contributed by atoms with Gasteiger partial charge >= 0.3 is 0 Å². The second-order valence-electron chi connectivity index (χ2n) is 4.69. The van der Waals surface area contributed by atoms with Crippen LogP contribution < -0.4 is 5.32 Å². The van der Waals surface area contributed by atoms with E-state index in [2.05, 4.69) is 17.2 Å². The van der Waals surface area contributed by atoms with Crippen molar-refractivity contribution < 1.29 is 9.53 Å². The lowest BCUT2D eigenvalue weighted by Gasteiger charge is -2.07. The first-order valence-electron chi connectivity index (χ1n) is 6.55. The van der Waals surface area contributed by atoms with Crippen LogP contribution in [0, 0.1) is 5.92 Å². The van der Waals surface area contributed by atoms with Gasteiger partial charge in [-0.05, 0) is 25.2 Å². The molecule has 1 aliphatic heterocycles. The monoisotopic (exact) mass is 268 g/mol. The molecule has 0 bridgehead atoms. The third-order valence-electron chi connectivity index (χ3n) is 3.03. The van der Waals surface area contributed by atoms with Crippen molar-refractivity contribution in [1.82, 2.24) is 10.3 Å². The van der Waals surface area contributed by atoms with Crippen LogP contribution in [0.5, 0.6) is 0 Å². The molecule has 5 heteroatoms. The second-order valence-corrected chi connectivity index (χ2v) is 5.64. The lowest BCUT2D eigenvalue weighted by atomic mass is 10.1. The first kappa shape index (κ1) is 13.5. The summed E-state index contributed by atoms with van der Waals surface area (Å²) in [5.41, 5.74) is 0.972. The number of hydrogen-bond acceptors (Lipinski definition) is 4. The summed E-state index contributed by atoms with van der Waals surface area (Å²) >= 11 is 1.68. The Bertz CT molecular complexity index is 386. The van der Waals surface area contributed by atoms with Crippen molar-refractivity contribution in [3.05, 3.63) is 16.1 Å². The highest BCUT2D eigenvalue weighted by Gasteiger charge is 2.18. The van der Waals surface area contributed by atoms with Crippen LogP contribution in [0.4, 0.5) is 0 Å². The van der Waals surface area contributed by atoms with Crippen molar-refractivity contribution in [2.75, 3.05) is 13.2 Å². The van der Waals surface area contributed by atoms with E-state index in [0.29, 0.717) is 18.9 Å². The molecular formula is C13H20N2O2S. The number of nitrogens with one attached hydrogen (secondary N) is 1. The molecule has 2 rings (SSSR count). The van der Waals surface area contributed by atoms with E-state index in [9.17, 15) is 4.79 Å². The number of thiazole rings is 1. The molecule has 1 fully saturated rings. The number of rotatable bonds is 6. The Balaban J connectivity index is 1.70. The van der Waals surface area contributed by atoms with Gasteiger partial charge in [-0.15, -0.1) is 11.3 Å². The molecule has 0 aliphatic carbocycles. The lowest BCUT2D eigenvalue weighted by molar-refractivity contribution is -0.122. The normalized spacial score (nSPS) is 19.1. The minimum absolute atomic E-state index is 0.107. The molecule has 1 aliphatic rings. The molecule has 1 aromatic heterocycles. The Morgan fingerprint density at radius 1 is 1.67 bits per heavy atom. The van der Waals surface area contributed by atoms with E-state index in [1.165, 1.54) is 0 Å². The predicted octanol–water partition coefficient (Wildman–Crippen LogP) is 2.14. The molecule has 0 saturated carbocycles. The Labute approximate surface area is 112 Å². The molecule has 0 spiro atoms. The van der Waals surface area contributed by atoms with Gasteiger partial charge in [0.25, 0.3) is 0 Å². The van der Waals surface area contributed by atoms with Crippen LogP contribution in [0.15, 0.2) is 5.38 Å². The standard InChI is InChI=1S/C13H20N2O2S/c1-2-3-13-15-11(9-18-13)7-14-12(16)6-10-4-5-17-8-10/h9-10H,2-8H2,1H3,(H,14,16)/t10-/m0/s1. The van der Waals surface area contributed by atoms with E-state index in [4.69, 9.17) is 4.74 Å². The molecule has 0 unspecified atom stereocenters. The number of amides is 1.